The number of hydrogen-bond donors (Lipinski definition) is 0. The van der Waals surface area contributed by atoms with Crippen LogP contribution in [0.25, 0.3) is 0 Å². The second kappa shape index (κ2) is 10.4. The summed E-state index contributed by atoms with van der Waals surface area (Å²) >= 11 is 1.76. The lowest BCUT2D eigenvalue weighted by molar-refractivity contribution is -0.130. The highest BCUT2D eigenvalue weighted by Crippen LogP contribution is 2.19. The molecule has 0 saturated carbocycles. The molecule has 2 aromatic rings. The number of rotatable bonds is 7. The van der Waals surface area contributed by atoms with Crippen LogP contribution in [0.2, 0.25) is 0 Å². The lowest BCUT2D eigenvalue weighted by Crippen LogP contribution is -2.35. The summed E-state index contributed by atoms with van der Waals surface area (Å²) in [5.74, 6) is 2.01. The third-order valence-electron chi connectivity index (χ3n) is 4.83. The molecule has 1 saturated heterocycles. The van der Waals surface area contributed by atoms with E-state index in [1.165, 1.54) is 10.5 Å². The van der Waals surface area contributed by atoms with Crippen LogP contribution in [0.4, 0.5) is 0 Å². The molecule has 0 atom stereocenters. The zero-order valence-electron chi connectivity index (χ0n) is 16.0. The minimum Gasteiger partial charge on any atom is -0.497 e. The van der Waals surface area contributed by atoms with E-state index in [9.17, 15) is 4.79 Å². The minimum absolute atomic E-state index is 0.282. The minimum atomic E-state index is 0.282. The standard InChI is InChI=1S/C22H28N2O2S/c1-26-20-10-8-19(9-11-20)18-23-13-5-14-24(16-15-23)22(25)12-17-27-21-6-3-2-4-7-21/h2-4,6-11H,5,12-18H2,1H3. The van der Waals surface area contributed by atoms with E-state index in [1.54, 1.807) is 18.9 Å². The van der Waals surface area contributed by atoms with Crippen LogP contribution in [0.5, 0.6) is 5.75 Å². The van der Waals surface area contributed by atoms with Crippen LogP contribution in [0, 0.1) is 0 Å². The zero-order chi connectivity index (χ0) is 18.9. The number of thioether (sulfide) groups is 1. The van der Waals surface area contributed by atoms with Gasteiger partial charge in [0.15, 0.2) is 0 Å². The maximum Gasteiger partial charge on any atom is 0.223 e. The Balaban J connectivity index is 1.42. The van der Waals surface area contributed by atoms with E-state index in [2.05, 4.69) is 29.2 Å². The molecule has 27 heavy (non-hydrogen) atoms. The summed E-state index contributed by atoms with van der Waals surface area (Å²) < 4.78 is 5.22. The van der Waals surface area contributed by atoms with E-state index in [-0.39, 0.29) is 5.91 Å². The number of ether oxygens (including phenoxy) is 1. The van der Waals surface area contributed by atoms with Gasteiger partial charge in [0.25, 0.3) is 0 Å². The quantitative estimate of drug-likeness (QED) is 0.678. The van der Waals surface area contributed by atoms with Crippen LogP contribution >= 0.6 is 11.8 Å². The third kappa shape index (κ3) is 6.29. The number of hydrogen-bond acceptors (Lipinski definition) is 4. The molecule has 1 aliphatic heterocycles. The van der Waals surface area contributed by atoms with Crippen molar-refractivity contribution in [3.63, 3.8) is 0 Å². The van der Waals surface area contributed by atoms with Crippen molar-refractivity contribution >= 4 is 17.7 Å². The summed E-state index contributed by atoms with van der Waals surface area (Å²) in [7, 11) is 1.69. The first-order chi connectivity index (χ1) is 13.2. The van der Waals surface area contributed by atoms with E-state index in [0.29, 0.717) is 6.42 Å². The number of benzene rings is 2. The third-order valence-corrected chi connectivity index (χ3v) is 5.85. The Hall–Kier alpha value is -1.98. The van der Waals surface area contributed by atoms with Gasteiger partial charge in [-0.3, -0.25) is 9.69 Å². The van der Waals surface area contributed by atoms with Gasteiger partial charge in [0.1, 0.15) is 5.75 Å². The van der Waals surface area contributed by atoms with Gasteiger partial charge in [-0.15, -0.1) is 11.8 Å². The number of amides is 1. The molecule has 1 heterocycles. The van der Waals surface area contributed by atoms with Gasteiger partial charge in [-0.25, -0.2) is 0 Å². The normalized spacial score (nSPS) is 15.4. The molecule has 1 aliphatic rings. The van der Waals surface area contributed by atoms with Gasteiger partial charge in [0.05, 0.1) is 7.11 Å². The van der Waals surface area contributed by atoms with E-state index < -0.39 is 0 Å². The Morgan fingerprint density at radius 2 is 1.78 bits per heavy atom. The Kier molecular flexibility index (Phi) is 7.60. The Morgan fingerprint density at radius 1 is 1.00 bits per heavy atom. The highest BCUT2D eigenvalue weighted by atomic mass is 32.2. The fourth-order valence-corrected chi connectivity index (χ4v) is 4.16. The SMILES string of the molecule is COc1ccc(CN2CCCN(C(=O)CCSc3ccccc3)CC2)cc1. The van der Waals surface area contributed by atoms with Crippen molar-refractivity contribution in [2.75, 3.05) is 39.0 Å². The first-order valence-corrected chi connectivity index (χ1v) is 10.5. The molecule has 4 nitrogen and oxygen atoms in total. The topological polar surface area (TPSA) is 32.8 Å². The summed E-state index contributed by atoms with van der Waals surface area (Å²) in [6, 6.07) is 18.5. The number of carbonyl (C=O) groups excluding carboxylic acids is 1. The fourth-order valence-electron chi connectivity index (χ4n) is 3.30. The molecule has 2 aromatic carbocycles. The second-order valence-electron chi connectivity index (χ2n) is 6.77. The molecule has 1 amide bonds. The van der Waals surface area contributed by atoms with Gasteiger partial charge in [-0.05, 0) is 36.2 Å². The summed E-state index contributed by atoms with van der Waals surface area (Å²) in [5.41, 5.74) is 1.29. The molecule has 5 heteroatoms. The average Bonchev–Trinajstić information content (AvgIpc) is 2.95. The number of nitrogens with zero attached hydrogens (tertiary/aromatic N) is 2. The van der Waals surface area contributed by atoms with Crippen molar-refractivity contribution in [3.8, 4) is 5.75 Å². The van der Waals surface area contributed by atoms with Gasteiger partial charge in [0.2, 0.25) is 5.91 Å². The lowest BCUT2D eigenvalue weighted by Gasteiger charge is -2.22. The van der Waals surface area contributed by atoms with Crippen LogP contribution in [-0.4, -0.2) is 54.7 Å². The largest absolute Gasteiger partial charge is 0.497 e. The van der Waals surface area contributed by atoms with Crippen molar-refractivity contribution < 1.29 is 9.53 Å². The van der Waals surface area contributed by atoms with Gasteiger partial charge in [-0.1, -0.05) is 30.3 Å². The van der Waals surface area contributed by atoms with Crippen molar-refractivity contribution in [2.24, 2.45) is 0 Å². The molecule has 3 rings (SSSR count). The molecule has 0 spiro atoms. The first kappa shape index (κ1) is 19.8. The molecule has 0 bridgehead atoms. The summed E-state index contributed by atoms with van der Waals surface area (Å²) in [6.07, 6.45) is 1.64. The highest BCUT2D eigenvalue weighted by molar-refractivity contribution is 7.99. The molecular formula is C22H28N2O2S. The molecule has 0 N–H and O–H groups in total. The van der Waals surface area contributed by atoms with Crippen LogP contribution in [-0.2, 0) is 11.3 Å². The van der Waals surface area contributed by atoms with Gasteiger partial charge in [0, 0.05) is 49.8 Å². The molecule has 0 aromatic heterocycles. The fraction of sp³-hybridized carbons (Fsp3) is 0.409. The van der Waals surface area contributed by atoms with Gasteiger partial charge in [-0.2, -0.15) is 0 Å². The first-order valence-electron chi connectivity index (χ1n) is 9.55. The molecule has 144 valence electrons. The smallest absolute Gasteiger partial charge is 0.223 e. The monoisotopic (exact) mass is 384 g/mol. The predicted molar refractivity (Wildman–Crippen MR) is 111 cm³/mol. The molecule has 0 radical (unpaired) electrons. The van der Waals surface area contributed by atoms with E-state index in [1.807, 2.05) is 35.2 Å². The maximum atomic E-state index is 12.6. The Labute approximate surface area is 166 Å². The van der Waals surface area contributed by atoms with Crippen LogP contribution in [0.1, 0.15) is 18.4 Å². The number of methoxy groups -OCH3 is 1. The van der Waals surface area contributed by atoms with Gasteiger partial charge < -0.3 is 9.64 Å². The van der Waals surface area contributed by atoms with E-state index in [0.717, 1.165) is 50.6 Å². The molecule has 1 fully saturated rings. The molecule has 0 aliphatic carbocycles. The Morgan fingerprint density at radius 3 is 2.52 bits per heavy atom. The van der Waals surface area contributed by atoms with E-state index >= 15 is 0 Å². The zero-order valence-corrected chi connectivity index (χ0v) is 16.8. The summed E-state index contributed by atoms with van der Waals surface area (Å²) in [4.78, 5) is 18.3. The highest BCUT2D eigenvalue weighted by Gasteiger charge is 2.19. The average molecular weight is 385 g/mol. The van der Waals surface area contributed by atoms with Gasteiger partial charge >= 0.3 is 0 Å². The van der Waals surface area contributed by atoms with Crippen LogP contribution in [0.3, 0.4) is 0 Å². The van der Waals surface area contributed by atoms with Crippen molar-refractivity contribution in [2.45, 2.75) is 24.3 Å². The Bertz CT molecular complexity index is 706. The van der Waals surface area contributed by atoms with Crippen LogP contribution in [0.15, 0.2) is 59.5 Å². The molecule has 0 unspecified atom stereocenters. The molecular weight excluding hydrogens is 356 g/mol. The lowest BCUT2D eigenvalue weighted by atomic mass is 10.2. The van der Waals surface area contributed by atoms with Crippen molar-refractivity contribution in [1.29, 1.82) is 0 Å². The van der Waals surface area contributed by atoms with Crippen molar-refractivity contribution in [3.05, 3.63) is 60.2 Å². The second-order valence-corrected chi connectivity index (χ2v) is 7.94. The van der Waals surface area contributed by atoms with Crippen molar-refractivity contribution in [1.82, 2.24) is 9.80 Å². The summed E-state index contributed by atoms with van der Waals surface area (Å²) in [5, 5.41) is 0. The predicted octanol–water partition coefficient (Wildman–Crippen LogP) is 3.91. The number of carbonyl (C=O) groups is 1. The summed E-state index contributed by atoms with van der Waals surface area (Å²) in [6.45, 7) is 4.59. The van der Waals surface area contributed by atoms with E-state index in [4.69, 9.17) is 4.74 Å². The maximum absolute atomic E-state index is 12.6. The van der Waals surface area contributed by atoms with Crippen LogP contribution < -0.4 is 4.74 Å².